The van der Waals surface area contributed by atoms with Gasteiger partial charge in [-0.05, 0) is 39.2 Å². The van der Waals surface area contributed by atoms with Crippen LogP contribution in [0.25, 0.3) is 11.3 Å². The number of hydrogen-bond acceptors (Lipinski definition) is 3. The van der Waals surface area contributed by atoms with Gasteiger partial charge in [-0.25, -0.2) is 4.98 Å². The maximum absolute atomic E-state index is 4.74. The molecular formula is C17H24N2S. The summed E-state index contributed by atoms with van der Waals surface area (Å²) in [7, 11) is 0. The van der Waals surface area contributed by atoms with Gasteiger partial charge in [0, 0.05) is 17.0 Å². The van der Waals surface area contributed by atoms with E-state index in [0.717, 1.165) is 18.7 Å². The minimum atomic E-state index is 0.614. The van der Waals surface area contributed by atoms with Crippen molar-refractivity contribution in [2.75, 3.05) is 6.54 Å². The van der Waals surface area contributed by atoms with Crippen molar-refractivity contribution >= 4 is 11.3 Å². The van der Waals surface area contributed by atoms with Gasteiger partial charge >= 0.3 is 0 Å². The number of aryl methyl sites for hydroxylation is 1. The van der Waals surface area contributed by atoms with Gasteiger partial charge in [-0.1, -0.05) is 37.3 Å². The summed E-state index contributed by atoms with van der Waals surface area (Å²) < 4.78 is 0. The standard InChI is InChI=1S/C17H24N2S/c1-3-12-18-14(2)8-7-11-17-19-16(13-20-17)15-9-5-4-6-10-15/h4-6,9-10,13-14,18H,3,7-8,11-12H2,1-2H3. The Hall–Kier alpha value is -1.19. The van der Waals surface area contributed by atoms with E-state index in [1.807, 2.05) is 6.07 Å². The van der Waals surface area contributed by atoms with Crippen molar-refractivity contribution in [3.63, 3.8) is 0 Å². The Bertz CT molecular complexity index is 493. The minimum Gasteiger partial charge on any atom is -0.314 e. The molecule has 108 valence electrons. The number of benzene rings is 1. The fourth-order valence-corrected chi connectivity index (χ4v) is 3.07. The minimum absolute atomic E-state index is 0.614. The largest absolute Gasteiger partial charge is 0.314 e. The van der Waals surface area contributed by atoms with E-state index in [1.54, 1.807) is 11.3 Å². The first-order chi connectivity index (χ1) is 9.79. The molecule has 1 aromatic carbocycles. The van der Waals surface area contributed by atoms with Gasteiger partial charge in [0.05, 0.1) is 10.7 Å². The predicted molar refractivity (Wildman–Crippen MR) is 88.2 cm³/mol. The Labute approximate surface area is 126 Å². The molecule has 0 saturated carbocycles. The summed E-state index contributed by atoms with van der Waals surface area (Å²) in [4.78, 5) is 4.74. The highest BCUT2D eigenvalue weighted by Crippen LogP contribution is 2.22. The lowest BCUT2D eigenvalue weighted by Gasteiger charge is -2.11. The third-order valence-electron chi connectivity index (χ3n) is 3.39. The Morgan fingerprint density at radius 3 is 2.80 bits per heavy atom. The van der Waals surface area contributed by atoms with Gasteiger partial charge in [0.15, 0.2) is 0 Å². The van der Waals surface area contributed by atoms with Crippen LogP contribution < -0.4 is 5.32 Å². The average Bonchev–Trinajstić information content (AvgIpc) is 2.95. The van der Waals surface area contributed by atoms with Gasteiger partial charge in [-0.15, -0.1) is 11.3 Å². The van der Waals surface area contributed by atoms with Crippen LogP contribution in [0.3, 0.4) is 0 Å². The molecule has 1 atom stereocenters. The van der Waals surface area contributed by atoms with Gasteiger partial charge in [-0.2, -0.15) is 0 Å². The maximum atomic E-state index is 4.74. The smallest absolute Gasteiger partial charge is 0.0932 e. The van der Waals surface area contributed by atoms with Crippen molar-refractivity contribution in [2.24, 2.45) is 0 Å². The summed E-state index contributed by atoms with van der Waals surface area (Å²) in [5.41, 5.74) is 2.33. The predicted octanol–water partition coefficient (Wildman–Crippen LogP) is 4.52. The van der Waals surface area contributed by atoms with Crippen molar-refractivity contribution in [1.29, 1.82) is 0 Å². The second-order valence-electron chi connectivity index (χ2n) is 5.24. The summed E-state index contributed by atoms with van der Waals surface area (Å²) in [5.74, 6) is 0. The van der Waals surface area contributed by atoms with E-state index >= 15 is 0 Å². The monoisotopic (exact) mass is 288 g/mol. The third-order valence-corrected chi connectivity index (χ3v) is 4.30. The lowest BCUT2D eigenvalue weighted by Crippen LogP contribution is -2.26. The average molecular weight is 288 g/mol. The first kappa shape index (κ1) is 15.2. The van der Waals surface area contributed by atoms with Gasteiger partial charge in [0.25, 0.3) is 0 Å². The molecule has 2 aromatic rings. The summed E-state index contributed by atoms with van der Waals surface area (Å²) in [6.07, 6.45) is 4.73. The van der Waals surface area contributed by atoms with Crippen LogP contribution in [-0.4, -0.2) is 17.6 Å². The number of nitrogens with zero attached hydrogens (tertiary/aromatic N) is 1. The fraction of sp³-hybridized carbons (Fsp3) is 0.471. The number of nitrogens with one attached hydrogen (secondary N) is 1. The first-order valence-electron chi connectivity index (χ1n) is 7.52. The number of aromatic nitrogens is 1. The van der Waals surface area contributed by atoms with E-state index in [0.29, 0.717) is 6.04 Å². The fourth-order valence-electron chi connectivity index (χ4n) is 2.22. The van der Waals surface area contributed by atoms with Crippen LogP contribution in [0, 0.1) is 0 Å². The summed E-state index contributed by atoms with van der Waals surface area (Å²) in [6.45, 7) is 5.60. The Morgan fingerprint density at radius 2 is 2.05 bits per heavy atom. The lowest BCUT2D eigenvalue weighted by atomic mass is 10.1. The molecule has 20 heavy (non-hydrogen) atoms. The summed E-state index contributed by atoms with van der Waals surface area (Å²) in [6, 6.07) is 11.0. The molecule has 0 aliphatic carbocycles. The van der Waals surface area contributed by atoms with E-state index in [1.165, 1.54) is 29.8 Å². The van der Waals surface area contributed by atoms with Crippen molar-refractivity contribution in [2.45, 2.75) is 45.6 Å². The lowest BCUT2D eigenvalue weighted by molar-refractivity contribution is 0.498. The molecule has 2 rings (SSSR count). The molecule has 1 aromatic heterocycles. The quantitative estimate of drug-likeness (QED) is 0.772. The molecule has 1 N–H and O–H groups in total. The number of rotatable bonds is 8. The van der Waals surface area contributed by atoms with Gasteiger partial charge in [0.2, 0.25) is 0 Å². The highest BCUT2D eigenvalue weighted by Gasteiger charge is 2.05. The van der Waals surface area contributed by atoms with Crippen LogP contribution in [0.5, 0.6) is 0 Å². The van der Waals surface area contributed by atoms with E-state index in [4.69, 9.17) is 4.98 Å². The molecule has 0 amide bonds. The van der Waals surface area contributed by atoms with Crippen LogP contribution >= 0.6 is 11.3 Å². The summed E-state index contributed by atoms with van der Waals surface area (Å²) in [5, 5.41) is 6.96. The Morgan fingerprint density at radius 1 is 1.25 bits per heavy atom. The summed E-state index contributed by atoms with van der Waals surface area (Å²) >= 11 is 1.78. The van der Waals surface area contributed by atoms with Gasteiger partial charge in [0.1, 0.15) is 0 Å². The van der Waals surface area contributed by atoms with Gasteiger partial charge < -0.3 is 5.32 Å². The molecule has 1 unspecified atom stereocenters. The SMILES string of the molecule is CCCNC(C)CCCc1nc(-c2ccccc2)cs1. The van der Waals surface area contributed by atoms with Crippen LogP contribution in [0.4, 0.5) is 0 Å². The molecule has 0 aliphatic rings. The molecule has 3 heteroatoms. The van der Waals surface area contributed by atoms with E-state index < -0.39 is 0 Å². The zero-order chi connectivity index (χ0) is 14.2. The number of thiazole rings is 1. The zero-order valence-electron chi connectivity index (χ0n) is 12.4. The van der Waals surface area contributed by atoms with Crippen LogP contribution in [0.2, 0.25) is 0 Å². The molecule has 0 fully saturated rings. The second-order valence-corrected chi connectivity index (χ2v) is 6.18. The van der Waals surface area contributed by atoms with Crippen LogP contribution in [0.1, 0.15) is 38.1 Å². The number of hydrogen-bond donors (Lipinski definition) is 1. The molecular weight excluding hydrogens is 264 g/mol. The molecule has 0 bridgehead atoms. The molecule has 0 saturated heterocycles. The molecule has 1 heterocycles. The van der Waals surface area contributed by atoms with E-state index in [-0.39, 0.29) is 0 Å². The van der Waals surface area contributed by atoms with Crippen molar-refractivity contribution < 1.29 is 0 Å². The second kappa shape index (κ2) is 8.18. The molecule has 0 aliphatic heterocycles. The van der Waals surface area contributed by atoms with E-state index in [9.17, 15) is 0 Å². The first-order valence-corrected chi connectivity index (χ1v) is 8.40. The topological polar surface area (TPSA) is 24.9 Å². The molecule has 2 nitrogen and oxygen atoms in total. The Kier molecular flexibility index (Phi) is 6.22. The third kappa shape index (κ3) is 4.73. The maximum Gasteiger partial charge on any atom is 0.0932 e. The normalized spacial score (nSPS) is 12.5. The Balaban J connectivity index is 1.79. The van der Waals surface area contributed by atoms with Gasteiger partial charge in [-0.3, -0.25) is 0 Å². The van der Waals surface area contributed by atoms with Crippen LogP contribution in [-0.2, 0) is 6.42 Å². The van der Waals surface area contributed by atoms with E-state index in [2.05, 4.69) is 48.8 Å². The van der Waals surface area contributed by atoms with Crippen molar-refractivity contribution in [3.05, 3.63) is 40.7 Å². The van der Waals surface area contributed by atoms with Crippen molar-refractivity contribution in [3.8, 4) is 11.3 Å². The highest BCUT2D eigenvalue weighted by atomic mass is 32.1. The van der Waals surface area contributed by atoms with Crippen LogP contribution in [0.15, 0.2) is 35.7 Å². The molecule has 0 radical (unpaired) electrons. The molecule has 0 spiro atoms. The highest BCUT2D eigenvalue weighted by molar-refractivity contribution is 7.09. The zero-order valence-corrected chi connectivity index (χ0v) is 13.2. The van der Waals surface area contributed by atoms with Crippen molar-refractivity contribution in [1.82, 2.24) is 10.3 Å².